The zero-order chi connectivity index (χ0) is 10.5. The van der Waals surface area contributed by atoms with Crippen LogP contribution in [0.15, 0.2) is 0 Å². The molecule has 0 aliphatic heterocycles. The summed E-state index contributed by atoms with van der Waals surface area (Å²) in [5.41, 5.74) is 0. The molecule has 0 spiro atoms. The van der Waals surface area contributed by atoms with Gasteiger partial charge in [0, 0.05) is 6.42 Å². The van der Waals surface area contributed by atoms with E-state index in [0.717, 1.165) is 6.42 Å². The summed E-state index contributed by atoms with van der Waals surface area (Å²) in [7, 11) is 0. The molecule has 80 valence electrons. The standard InChI is InChI=1S/C9H17F3O/c1-3-8(7(2)13)5-4-6-9(10,11)12/h7-8,13H,3-6H2,1-2H3. The van der Waals surface area contributed by atoms with Crippen LogP contribution in [-0.4, -0.2) is 17.4 Å². The lowest BCUT2D eigenvalue weighted by molar-refractivity contribution is -0.136. The molecule has 4 heteroatoms. The lowest BCUT2D eigenvalue weighted by atomic mass is 9.94. The number of alkyl halides is 3. The molecule has 2 atom stereocenters. The Labute approximate surface area is 76.9 Å². The van der Waals surface area contributed by atoms with Gasteiger partial charge in [0.05, 0.1) is 6.10 Å². The third kappa shape index (κ3) is 6.87. The molecule has 0 heterocycles. The third-order valence-corrected chi connectivity index (χ3v) is 2.24. The van der Waals surface area contributed by atoms with Crippen LogP contribution in [0.4, 0.5) is 13.2 Å². The zero-order valence-corrected chi connectivity index (χ0v) is 8.06. The van der Waals surface area contributed by atoms with Gasteiger partial charge in [-0.05, 0) is 25.7 Å². The maximum Gasteiger partial charge on any atom is 0.389 e. The lowest BCUT2D eigenvalue weighted by Crippen LogP contribution is -2.17. The molecule has 0 aromatic carbocycles. The van der Waals surface area contributed by atoms with E-state index in [1.807, 2.05) is 6.92 Å². The molecule has 0 fully saturated rings. The molecule has 0 aliphatic carbocycles. The Hall–Kier alpha value is -0.250. The van der Waals surface area contributed by atoms with Crippen LogP contribution < -0.4 is 0 Å². The topological polar surface area (TPSA) is 20.2 Å². The van der Waals surface area contributed by atoms with Crippen molar-refractivity contribution in [2.24, 2.45) is 5.92 Å². The van der Waals surface area contributed by atoms with E-state index in [4.69, 9.17) is 5.11 Å². The molecule has 0 rings (SSSR count). The molecule has 0 radical (unpaired) electrons. The summed E-state index contributed by atoms with van der Waals surface area (Å²) in [4.78, 5) is 0. The fourth-order valence-electron chi connectivity index (χ4n) is 1.35. The highest BCUT2D eigenvalue weighted by Gasteiger charge is 2.26. The minimum atomic E-state index is -4.06. The van der Waals surface area contributed by atoms with Gasteiger partial charge in [-0.2, -0.15) is 13.2 Å². The fraction of sp³-hybridized carbons (Fsp3) is 1.00. The Morgan fingerprint density at radius 3 is 2.15 bits per heavy atom. The first-order chi connectivity index (χ1) is 5.87. The summed E-state index contributed by atoms with van der Waals surface area (Å²) >= 11 is 0. The molecule has 1 nitrogen and oxygen atoms in total. The lowest BCUT2D eigenvalue weighted by Gasteiger charge is -2.17. The monoisotopic (exact) mass is 198 g/mol. The second-order valence-electron chi connectivity index (χ2n) is 3.42. The highest BCUT2D eigenvalue weighted by Crippen LogP contribution is 2.25. The minimum Gasteiger partial charge on any atom is -0.393 e. The second kappa shape index (κ2) is 5.47. The van der Waals surface area contributed by atoms with Crippen LogP contribution in [-0.2, 0) is 0 Å². The van der Waals surface area contributed by atoms with Crippen molar-refractivity contribution in [2.75, 3.05) is 0 Å². The number of hydrogen-bond donors (Lipinski definition) is 1. The number of hydrogen-bond acceptors (Lipinski definition) is 1. The third-order valence-electron chi connectivity index (χ3n) is 2.24. The van der Waals surface area contributed by atoms with Gasteiger partial charge in [0.25, 0.3) is 0 Å². The summed E-state index contributed by atoms with van der Waals surface area (Å²) in [6.45, 7) is 3.51. The predicted molar refractivity (Wildman–Crippen MR) is 45.4 cm³/mol. The molecular weight excluding hydrogens is 181 g/mol. The maximum atomic E-state index is 11.7. The van der Waals surface area contributed by atoms with Crippen LogP contribution in [0.3, 0.4) is 0 Å². The normalized spacial score (nSPS) is 17.1. The van der Waals surface area contributed by atoms with Crippen molar-refractivity contribution in [2.45, 2.75) is 51.8 Å². The van der Waals surface area contributed by atoms with Gasteiger partial charge in [-0.3, -0.25) is 0 Å². The van der Waals surface area contributed by atoms with Gasteiger partial charge in [-0.15, -0.1) is 0 Å². The zero-order valence-electron chi connectivity index (χ0n) is 8.06. The average molecular weight is 198 g/mol. The Morgan fingerprint density at radius 1 is 1.31 bits per heavy atom. The van der Waals surface area contributed by atoms with Crippen molar-refractivity contribution in [3.63, 3.8) is 0 Å². The van der Waals surface area contributed by atoms with E-state index in [9.17, 15) is 13.2 Å². The molecule has 13 heavy (non-hydrogen) atoms. The van der Waals surface area contributed by atoms with E-state index in [1.54, 1.807) is 6.92 Å². The molecule has 0 aromatic rings. The largest absolute Gasteiger partial charge is 0.393 e. The first-order valence-corrected chi connectivity index (χ1v) is 4.61. The van der Waals surface area contributed by atoms with Crippen LogP contribution in [0, 0.1) is 5.92 Å². The molecule has 0 bridgehead atoms. The average Bonchev–Trinajstić information content (AvgIpc) is 1.95. The van der Waals surface area contributed by atoms with E-state index in [0.29, 0.717) is 6.42 Å². The second-order valence-corrected chi connectivity index (χ2v) is 3.42. The predicted octanol–water partition coefficient (Wildman–Crippen LogP) is 3.13. The van der Waals surface area contributed by atoms with Crippen molar-refractivity contribution >= 4 is 0 Å². The van der Waals surface area contributed by atoms with Crippen LogP contribution in [0.2, 0.25) is 0 Å². The number of rotatable bonds is 5. The Morgan fingerprint density at radius 2 is 1.85 bits per heavy atom. The Balaban J connectivity index is 3.62. The van der Waals surface area contributed by atoms with Gasteiger partial charge in [-0.25, -0.2) is 0 Å². The van der Waals surface area contributed by atoms with Gasteiger partial charge >= 0.3 is 6.18 Å². The molecule has 2 unspecified atom stereocenters. The van der Waals surface area contributed by atoms with Crippen molar-refractivity contribution in [3.8, 4) is 0 Å². The highest BCUT2D eigenvalue weighted by molar-refractivity contribution is 4.64. The van der Waals surface area contributed by atoms with Gasteiger partial charge in [-0.1, -0.05) is 13.3 Å². The molecule has 0 aliphatic rings. The van der Waals surface area contributed by atoms with E-state index in [2.05, 4.69) is 0 Å². The van der Waals surface area contributed by atoms with Crippen LogP contribution in [0.25, 0.3) is 0 Å². The first kappa shape index (κ1) is 12.8. The molecule has 1 N–H and O–H groups in total. The van der Waals surface area contributed by atoms with E-state index < -0.39 is 18.7 Å². The summed E-state index contributed by atoms with van der Waals surface area (Å²) in [6, 6.07) is 0. The smallest absolute Gasteiger partial charge is 0.389 e. The van der Waals surface area contributed by atoms with Gasteiger partial charge in [0.1, 0.15) is 0 Å². The van der Waals surface area contributed by atoms with Gasteiger partial charge < -0.3 is 5.11 Å². The summed E-state index contributed by atoms with van der Waals surface area (Å²) in [6.07, 6.45) is -4.00. The summed E-state index contributed by atoms with van der Waals surface area (Å²) in [5.74, 6) is 0.00218. The fourth-order valence-corrected chi connectivity index (χ4v) is 1.35. The molecule has 0 amide bonds. The molecule has 0 aromatic heterocycles. The SMILES string of the molecule is CCC(CCCC(F)(F)F)C(C)O. The number of aliphatic hydroxyl groups is 1. The van der Waals surface area contributed by atoms with Crippen LogP contribution in [0.1, 0.15) is 39.5 Å². The quantitative estimate of drug-likeness (QED) is 0.719. The highest BCUT2D eigenvalue weighted by atomic mass is 19.4. The maximum absolute atomic E-state index is 11.7. The van der Waals surface area contributed by atoms with Crippen LogP contribution in [0.5, 0.6) is 0 Å². The van der Waals surface area contributed by atoms with E-state index in [1.165, 1.54) is 0 Å². The van der Waals surface area contributed by atoms with E-state index >= 15 is 0 Å². The minimum absolute atomic E-state index is 0.00218. The van der Waals surface area contributed by atoms with E-state index in [-0.39, 0.29) is 12.3 Å². The van der Waals surface area contributed by atoms with Crippen molar-refractivity contribution in [1.29, 1.82) is 0 Å². The molecule has 0 saturated carbocycles. The number of aliphatic hydroxyl groups excluding tert-OH is 1. The molecular formula is C9H17F3O. The number of halogens is 3. The summed E-state index contributed by atoms with van der Waals surface area (Å²) < 4.78 is 35.2. The van der Waals surface area contributed by atoms with Crippen molar-refractivity contribution in [1.82, 2.24) is 0 Å². The summed E-state index contributed by atoms with van der Waals surface area (Å²) in [5, 5.41) is 9.16. The Kier molecular flexibility index (Phi) is 5.37. The van der Waals surface area contributed by atoms with Gasteiger partial charge in [0.15, 0.2) is 0 Å². The Bertz CT molecular complexity index is 131. The van der Waals surface area contributed by atoms with Crippen molar-refractivity contribution < 1.29 is 18.3 Å². The van der Waals surface area contributed by atoms with Gasteiger partial charge in [0.2, 0.25) is 0 Å². The molecule has 0 saturated heterocycles. The van der Waals surface area contributed by atoms with Crippen LogP contribution >= 0.6 is 0 Å². The first-order valence-electron chi connectivity index (χ1n) is 4.61. The van der Waals surface area contributed by atoms with Crippen molar-refractivity contribution in [3.05, 3.63) is 0 Å².